The smallest absolute Gasteiger partial charge is 0.409 e. The number of imidazole rings is 1. The number of amides is 2. The Kier molecular flexibility index (Phi) is 5.14. The highest BCUT2D eigenvalue weighted by Crippen LogP contribution is 2.38. The number of fused-ring (bicyclic) bond motifs is 1. The van der Waals surface area contributed by atoms with Gasteiger partial charge in [-0.2, -0.15) is 8.42 Å². The van der Waals surface area contributed by atoms with E-state index in [1.807, 2.05) is 0 Å². The fourth-order valence-corrected chi connectivity index (χ4v) is 4.38. The van der Waals surface area contributed by atoms with Crippen LogP contribution in [0.15, 0.2) is 35.7 Å². The van der Waals surface area contributed by atoms with Crippen molar-refractivity contribution < 1.29 is 27.9 Å². The van der Waals surface area contributed by atoms with E-state index in [-0.39, 0.29) is 41.3 Å². The monoisotopic (exact) mass is 409 g/mol. The number of sulfonamides is 1. The molecule has 0 aliphatic carbocycles. The van der Waals surface area contributed by atoms with Crippen LogP contribution in [-0.2, 0) is 21.9 Å². The van der Waals surface area contributed by atoms with Crippen molar-refractivity contribution in [2.45, 2.75) is 18.2 Å². The van der Waals surface area contributed by atoms with Crippen LogP contribution in [0.4, 0.5) is 16.2 Å². The lowest BCUT2D eigenvalue weighted by atomic mass is 10.2. The number of hydrogen-bond donors (Lipinski definition) is 3. The van der Waals surface area contributed by atoms with Crippen LogP contribution in [0.2, 0.25) is 0 Å². The average Bonchev–Trinajstić information content (AvgIpc) is 3.05. The first-order chi connectivity index (χ1) is 13.2. The van der Waals surface area contributed by atoms with Gasteiger partial charge in [0, 0.05) is 32.1 Å². The minimum Gasteiger partial charge on any atom is -0.484 e. The zero-order valence-corrected chi connectivity index (χ0v) is 15.9. The highest BCUT2D eigenvalue weighted by Gasteiger charge is 2.37. The van der Waals surface area contributed by atoms with E-state index in [2.05, 4.69) is 15.6 Å². The number of carbonyl (C=O) groups excluding carboxylic acids is 1. The van der Waals surface area contributed by atoms with E-state index < -0.39 is 22.2 Å². The Morgan fingerprint density at radius 3 is 2.75 bits per heavy atom. The maximum atomic E-state index is 13.2. The molecule has 1 aromatic carbocycles. The Labute approximate surface area is 161 Å². The Morgan fingerprint density at radius 2 is 2.14 bits per heavy atom. The molecular weight excluding hydrogens is 390 g/mol. The average molecular weight is 409 g/mol. The Balaban J connectivity index is 2.04. The van der Waals surface area contributed by atoms with Gasteiger partial charge in [-0.3, -0.25) is 14.4 Å². The minimum absolute atomic E-state index is 0.0843. The second-order valence-corrected chi connectivity index (χ2v) is 7.90. The van der Waals surface area contributed by atoms with Gasteiger partial charge in [-0.25, -0.2) is 9.78 Å². The molecule has 1 aliphatic rings. The lowest BCUT2D eigenvalue weighted by molar-refractivity contribution is -0.119. The molecule has 0 spiro atoms. The van der Waals surface area contributed by atoms with E-state index in [0.29, 0.717) is 0 Å². The molecule has 1 aliphatic heterocycles. The molecule has 0 saturated heterocycles. The summed E-state index contributed by atoms with van der Waals surface area (Å²) in [6.07, 6.45) is 0.958. The first-order valence-electron chi connectivity index (χ1n) is 8.23. The summed E-state index contributed by atoms with van der Waals surface area (Å²) in [5.41, 5.74) is 0.364. The normalized spacial score (nSPS) is 16.1. The summed E-state index contributed by atoms with van der Waals surface area (Å²) in [4.78, 5) is 26.1. The summed E-state index contributed by atoms with van der Waals surface area (Å²) in [7, 11) is -2.51. The maximum Gasteiger partial charge on any atom is 0.409 e. The fraction of sp³-hybridized carbons (Fsp3) is 0.312. The largest absolute Gasteiger partial charge is 0.484 e. The van der Waals surface area contributed by atoms with Crippen molar-refractivity contribution in [3.63, 3.8) is 0 Å². The number of rotatable bonds is 5. The molecule has 3 N–H and O–H groups in total. The molecule has 11 nitrogen and oxygen atoms in total. The topological polar surface area (TPSA) is 143 Å². The Hall–Kier alpha value is -3.28. The number of nitrogens with one attached hydrogen (secondary N) is 2. The van der Waals surface area contributed by atoms with E-state index in [1.165, 1.54) is 42.1 Å². The van der Waals surface area contributed by atoms with Gasteiger partial charge in [-0.15, -0.1) is 0 Å². The molecule has 2 aromatic rings. The van der Waals surface area contributed by atoms with E-state index in [0.717, 1.165) is 4.31 Å². The van der Waals surface area contributed by atoms with E-state index >= 15 is 0 Å². The van der Waals surface area contributed by atoms with Crippen LogP contribution >= 0.6 is 0 Å². The molecule has 28 heavy (non-hydrogen) atoms. The molecular formula is C16H19N5O6S. The zero-order chi connectivity index (χ0) is 20.5. The van der Waals surface area contributed by atoms with Crippen LogP contribution in [0, 0.1) is 0 Å². The number of benzene rings is 1. The molecule has 0 bridgehead atoms. The standard InChI is InChI=1S/C16H19N5O6S/c1-10(22)18-8-12-9-21(28(25,26)15-17-5-6-20(15)2)13-7-11(19-16(23)24)3-4-14(13)27-12/h3-7,12,19H,8-9H2,1-2H3,(H,18,22)(H,23,24)/t12-/m0/s1. The van der Waals surface area contributed by atoms with Crippen LogP contribution < -0.4 is 19.7 Å². The van der Waals surface area contributed by atoms with Gasteiger partial charge in [0.05, 0.1) is 18.8 Å². The summed E-state index contributed by atoms with van der Waals surface area (Å²) in [5.74, 6) is -0.0239. The number of hydrogen-bond acceptors (Lipinski definition) is 6. The van der Waals surface area contributed by atoms with E-state index in [4.69, 9.17) is 9.84 Å². The summed E-state index contributed by atoms with van der Waals surface area (Å²) >= 11 is 0. The molecule has 150 valence electrons. The van der Waals surface area contributed by atoms with Crippen molar-refractivity contribution in [3.05, 3.63) is 30.6 Å². The first kappa shape index (κ1) is 19.5. The minimum atomic E-state index is -4.06. The van der Waals surface area contributed by atoms with E-state index in [9.17, 15) is 18.0 Å². The first-order valence-corrected chi connectivity index (χ1v) is 9.67. The Morgan fingerprint density at radius 1 is 1.39 bits per heavy atom. The molecule has 2 amide bonds. The van der Waals surface area contributed by atoms with Crippen LogP contribution in [0.3, 0.4) is 0 Å². The number of aromatic nitrogens is 2. The number of nitrogens with zero attached hydrogens (tertiary/aromatic N) is 3. The molecule has 1 aromatic heterocycles. The van der Waals surface area contributed by atoms with Crippen molar-refractivity contribution in [2.24, 2.45) is 7.05 Å². The quantitative estimate of drug-likeness (QED) is 0.656. The van der Waals surface area contributed by atoms with Crippen molar-refractivity contribution in [1.82, 2.24) is 14.9 Å². The fourth-order valence-electron chi connectivity index (χ4n) is 2.80. The highest BCUT2D eigenvalue weighted by molar-refractivity contribution is 7.92. The van der Waals surface area contributed by atoms with Crippen LogP contribution in [0.1, 0.15) is 6.92 Å². The number of aryl methyl sites for hydroxylation is 1. The number of ether oxygens (including phenoxy) is 1. The van der Waals surface area contributed by atoms with Gasteiger partial charge in [-0.1, -0.05) is 0 Å². The van der Waals surface area contributed by atoms with Crippen LogP contribution in [0.5, 0.6) is 5.75 Å². The number of carboxylic acid groups (broad SMARTS) is 1. The van der Waals surface area contributed by atoms with Crippen molar-refractivity contribution in [3.8, 4) is 5.75 Å². The van der Waals surface area contributed by atoms with Crippen molar-refractivity contribution in [2.75, 3.05) is 22.7 Å². The predicted molar refractivity (Wildman–Crippen MR) is 98.9 cm³/mol. The van der Waals surface area contributed by atoms with Gasteiger partial charge in [0.1, 0.15) is 11.9 Å². The highest BCUT2D eigenvalue weighted by atomic mass is 32.2. The van der Waals surface area contributed by atoms with Gasteiger partial charge < -0.3 is 19.7 Å². The van der Waals surface area contributed by atoms with Crippen LogP contribution in [-0.4, -0.2) is 54.3 Å². The van der Waals surface area contributed by atoms with Gasteiger partial charge in [-0.05, 0) is 18.2 Å². The third-order valence-corrected chi connectivity index (χ3v) is 5.80. The lowest BCUT2D eigenvalue weighted by Crippen LogP contribution is -2.48. The third kappa shape index (κ3) is 3.86. The zero-order valence-electron chi connectivity index (χ0n) is 15.1. The second-order valence-electron chi connectivity index (χ2n) is 6.15. The van der Waals surface area contributed by atoms with Crippen molar-refractivity contribution in [1.29, 1.82) is 0 Å². The number of anilines is 2. The van der Waals surface area contributed by atoms with E-state index in [1.54, 1.807) is 7.05 Å². The molecule has 0 radical (unpaired) electrons. The summed E-state index contributed by atoms with van der Waals surface area (Å²) < 4.78 is 34.7. The SMILES string of the molecule is CC(=O)NC[C@H]1CN(S(=O)(=O)c2nccn2C)c2cc(NC(=O)O)ccc2O1. The summed E-state index contributed by atoms with van der Waals surface area (Å²) in [5, 5.41) is 13.5. The second kappa shape index (κ2) is 7.38. The van der Waals surface area contributed by atoms with Gasteiger partial charge in [0.25, 0.3) is 10.0 Å². The molecule has 0 saturated carbocycles. The molecule has 3 rings (SSSR count). The summed E-state index contributed by atoms with van der Waals surface area (Å²) in [6, 6.07) is 4.30. The predicted octanol–water partition coefficient (Wildman–Crippen LogP) is 0.602. The lowest BCUT2D eigenvalue weighted by Gasteiger charge is -2.35. The molecule has 2 heterocycles. The Bertz CT molecular complexity index is 1020. The third-order valence-electron chi connectivity index (χ3n) is 4.02. The van der Waals surface area contributed by atoms with Gasteiger partial charge >= 0.3 is 6.09 Å². The van der Waals surface area contributed by atoms with Gasteiger partial charge in [0.15, 0.2) is 0 Å². The maximum absolute atomic E-state index is 13.2. The van der Waals surface area contributed by atoms with Crippen molar-refractivity contribution >= 4 is 33.4 Å². The van der Waals surface area contributed by atoms with Crippen LogP contribution in [0.25, 0.3) is 0 Å². The summed E-state index contributed by atoms with van der Waals surface area (Å²) in [6.45, 7) is 1.37. The molecule has 0 fully saturated rings. The molecule has 0 unspecified atom stereocenters. The molecule has 12 heteroatoms. The number of carbonyl (C=O) groups is 2. The molecule has 1 atom stereocenters. The van der Waals surface area contributed by atoms with Gasteiger partial charge in [0.2, 0.25) is 11.1 Å².